The number of nitrogens with one attached hydrogen (secondary N) is 1. The quantitative estimate of drug-likeness (QED) is 0.768. The van der Waals surface area contributed by atoms with Crippen LogP contribution >= 0.6 is 0 Å². The van der Waals surface area contributed by atoms with Gasteiger partial charge in [-0.25, -0.2) is 4.79 Å². The second-order valence-corrected chi connectivity index (χ2v) is 5.66. The van der Waals surface area contributed by atoms with Gasteiger partial charge in [-0.05, 0) is 33.6 Å². The van der Waals surface area contributed by atoms with Gasteiger partial charge in [-0.15, -0.1) is 6.42 Å². The van der Waals surface area contributed by atoms with Gasteiger partial charge in [0.2, 0.25) is 5.91 Å². The molecule has 1 saturated heterocycles. The third-order valence-corrected chi connectivity index (χ3v) is 2.88. The van der Waals surface area contributed by atoms with E-state index in [4.69, 9.17) is 11.2 Å². The molecule has 0 spiro atoms. The highest BCUT2D eigenvalue weighted by atomic mass is 16.6. The van der Waals surface area contributed by atoms with E-state index in [1.54, 1.807) is 4.90 Å². The molecule has 1 fully saturated rings. The van der Waals surface area contributed by atoms with Crippen molar-refractivity contribution < 1.29 is 14.3 Å². The molecule has 0 unspecified atom stereocenters. The van der Waals surface area contributed by atoms with E-state index in [2.05, 4.69) is 11.2 Å². The predicted molar refractivity (Wildman–Crippen MR) is 72.4 cm³/mol. The normalized spacial score (nSPS) is 16.6. The van der Waals surface area contributed by atoms with Gasteiger partial charge in [0.1, 0.15) is 5.60 Å². The fourth-order valence-corrected chi connectivity index (χ4v) is 1.93. The van der Waals surface area contributed by atoms with Gasteiger partial charge in [-0.3, -0.25) is 4.79 Å². The van der Waals surface area contributed by atoms with Crippen LogP contribution in [0, 0.1) is 18.3 Å². The van der Waals surface area contributed by atoms with Crippen LogP contribution in [0.5, 0.6) is 0 Å². The number of ether oxygens (including phenoxy) is 1. The summed E-state index contributed by atoms with van der Waals surface area (Å²) < 4.78 is 5.30. The average Bonchev–Trinajstić information content (AvgIpc) is 2.34. The molecule has 5 heteroatoms. The van der Waals surface area contributed by atoms with Gasteiger partial charge >= 0.3 is 6.09 Å². The molecule has 1 N–H and O–H groups in total. The molecule has 0 aliphatic carbocycles. The Balaban J connectivity index is 2.39. The van der Waals surface area contributed by atoms with Crippen molar-refractivity contribution in [1.82, 2.24) is 10.2 Å². The predicted octanol–water partition coefficient (Wildman–Crippen LogP) is 1.38. The molecule has 1 heterocycles. The molecule has 0 radical (unpaired) electrons. The Morgan fingerprint density at radius 2 is 1.95 bits per heavy atom. The van der Waals surface area contributed by atoms with Crippen molar-refractivity contribution in [1.29, 1.82) is 0 Å². The van der Waals surface area contributed by atoms with Crippen molar-refractivity contribution in [3.8, 4) is 12.3 Å². The summed E-state index contributed by atoms with van der Waals surface area (Å²) in [6, 6.07) is 0. The monoisotopic (exact) mass is 266 g/mol. The second-order valence-electron chi connectivity index (χ2n) is 5.66. The number of amides is 2. The molecule has 0 bridgehead atoms. The fourth-order valence-electron chi connectivity index (χ4n) is 1.93. The number of hydrogen-bond donors (Lipinski definition) is 1. The number of nitrogens with zero attached hydrogens (tertiary/aromatic N) is 1. The summed E-state index contributed by atoms with van der Waals surface area (Å²) in [6.45, 7) is 6.86. The number of rotatable bonds is 2. The van der Waals surface area contributed by atoms with Gasteiger partial charge in [-0.2, -0.15) is 0 Å². The first-order valence-corrected chi connectivity index (χ1v) is 6.52. The number of hydrogen-bond acceptors (Lipinski definition) is 3. The summed E-state index contributed by atoms with van der Waals surface area (Å²) in [4.78, 5) is 25.2. The van der Waals surface area contributed by atoms with Crippen LogP contribution < -0.4 is 5.32 Å². The average molecular weight is 266 g/mol. The smallest absolute Gasteiger partial charge is 0.410 e. The topological polar surface area (TPSA) is 58.6 Å². The van der Waals surface area contributed by atoms with Crippen molar-refractivity contribution in [2.24, 2.45) is 5.92 Å². The maximum atomic E-state index is 11.8. The zero-order valence-electron chi connectivity index (χ0n) is 11.9. The van der Waals surface area contributed by atoms with Crippen LogP contribution in [0.3, 0.4) is 0 Å². The van der Waals surface area contributed by atoms with Crippen molar-refractivity contribution in [3.05, 3.63) is 0 Å². The summed E-state index contributed by atoms with van der Waals surface area (Å²) in [5, 5.41) is 2.67. The molecule has 0 aromatic heterocycles. The standard InChI is InChI=1S/C14H22N2O3/c1-5-8-15-12(17)11-6-9-16(10-7-11)13(18)19-14(2,3)4/h1,11H,6-10H2,2-4H3,(H,15,17). The Kier molecular flexibility index (Phi) is 5.22. The van der Waals surface area contributed by atoms with E-state index in [1.807, 2.05) is 20.8 Å². The largest absolute Gasteiger partial charge is 0.444 e. The Morgan fingerprint density at radius 3 is 2.42 bits per heavy atom. The van der Waals surface area contributed by atoms with E-state index < -0.39 is 5.60 Å². The number of carbonyl (C=O) groups excluding carboxylic acids is 2. The third-order valence-electron chi connectivity index (χ3n) is 2.88. The van der Waals surface area contributed by atoms with Gasteiger partial charge in [0.15, 0.2) is 0 Å². The van der Waals surface area contributed by atoms with Crippen LogP contribution in [0.4, 0.5) is 4.79 Å². The summed E-state index contributed by atoms with van der Waals surface area (Å²) in [7, 11) is 0. The number of carbonyl (C=O) groups is 2. The van der Waals surface area contributed by atoms with Crippen LogP contribution in [-0.4, -0.2) is 42.1 Å². The molecule has 5 nitrogen and oxygen atoms in total. The zero-order chi connectivity index (χ0) is 14.5. The maximum Gasteiger partial charge on any atom is 0.410 e. The van der Waals surface area contributed by atoms with E-state index in [-0.39, 0.29) is 24.5 Å². The van der Waals surface area contributed by atoms with Gasteiger partial charge in [0.25, 0.3) is 0 Å². The molecule has 19 heavy (non-hydrogen) atoms. The Morgan fingerprint density at radius 1 is 1.37 bits per heavy atom. The Hall–Kier alpha value is -1.70. The van der Waals surface area contributed by atoms with E-state index in [0.29, 0.717) is 25.9 Å². The highest BCUT2D eigenvalue weighted by Gasteiger charge is 2.29. The molecule has 0 aromatic carbocycles. The van der Waals surface area contributed by atoms with Gasteiger partial charge in [0, 0.05) is 19.0 Å². The SMILES string of the molecule is C#CCNC(=O)C1CCN(C(=O)OC(C)(C)C)CC1. The van der Waals surface area contributed by atoms with Crippen molar-refractivity contribution in [3.63, 3.8) is 0 Å². The van der Waals surface area contributed by atoms with Gasteiger partial charge < -0.3 is 15.0 Å². The number of piperidine rings is 1. The summed E-state index contributed by atoms with van der Waals surface area (Å²) >= 11 is 0. The molecular formula is C14H22N2O3. The number of likely N-dealkylation sites (tertiary alicyclic amines) is 1. The minimum absolute atomic E-state index is 0.0261. The minimum Gasteiger partial charge on any atom is -0.444 e. The van der Waals surface area contributed by atoms with E-state index in [9.17, 15) is 9.59 Å². The summed E-state index contributed by atoms with van der Waals surface area (Å²) in [5.74, 6) is 2.28. The third kappa shape index (κ3) is 5.21. The summed E-state index contributed by atoms with van der Waals surface area (Å²) in [5.41, 5.74) is -0.488. The highest BCUT2D eigenvalue weighted by Crippen LogP contribution is 2.19. The molecule has 1 rings (SSSR count). The van der Waals surface area contributed by atoms with Crippen LogP contribution in [0.15, 0.2) is 0 Å². The number of terminal acetylenes is 1. The van der Waals surface area contributed by atoms with Crippen LogP contribution in [0.25, 0.3) is 0 Å². The lowest BCUT2D eigenvalue weighted by molar-refractivity contribution is -0.126. The van der Waals surface area contributed by atoms with Crippen molar-refractivity contribution >= 4 is 12.0 Å². The lowest BCUT2D eigenvalue weighted by Crippen LogP contribution is -2.44. The van der Waals surface area contributed by atoms with E-state index in [1.165, 1.54) is 0 Å². The Labute approximate surface area is 114 Å². The lowest BCUT2D eigenvalue weighted by Gasteiger charge is -2.32. The van der Waals surface area contributed by atoms with Gasteiger partial charge in [0.05, 0.1) is 6.54 Å². The molecule has 106 valence electrons. The van der Waals surface area contributed by atoms with E-state index >= 15 is 0 Å². The molecular weight excluding hydrogens is 244 g/mol. The molecule has 0 aromatic rings. The highest BCUT2D eigenvalue weighted by molar-refractivity contribution is 5.79. The first kappa shape index (κ1) is 15.4. The molecule has 1 aliphatic rings. The Bertz CT molecular complexity index is 371. The fraction of sp³-hybridized carbons (Fsp3) is 0.714. The maximum absolute atomic E-state index is 11.8. The molecule has 1 aliphatic heterocycles. The van der Waals surface area contributed by atoms with Crippen LogP contribution in [-0.2, 0) is 9.53 Å². The first-order valence-electron chi connectivity index (χ1n) is 6.52. The lowest BCUT2D eigenvalue weighted by atomic mass is 9.96. The zero-order valence-corrected chi connectivity index (χ0v) is 11.9. The van der Waals surface area contributed by atoms with Crippen LogP contribution in [0.2, 0.25) is 0 Å². The van der Waals surface area contributed by atoms with Crippen molar-refractivity contribution in [2.45, 2.75) is 39.2 Å². The van der Waals surface area contributed by atoms with Gasteiger partial charge in [-0.1, -0.05) is 5.92 Å². The second kappa shape index (κ2) is 6.46. The summed E-state index contributed by atoms with van der Waals surface area (Å²) in [6.07, 6.45) is 6.08. The molecule has 0 saturated carbocycles. The molecule has 0 atom stereocenters. The van der Waals surface area contributed by atoms with E-state index in [0.717, 1.165) is 0 Å². The first-order chi connectivity index (χ1) is 8.83. The minimum atomic E-state index is -0.488. The van der Waals surface area contributed by atoms with Crippen LogP contribution in [0.1, 0.15) is 33.6 Å². The van der Waals surface area contributed by atoms with Crippen molar-refractivity contribution in [2.75, 3.05) is 19.6 Å². The molecule has 2 amide bonds.